The summed E-state index contributed by atoms with van der Waals surface area (Å²) in [5, 5.41) is 0. The van der Waals surface area contributed by atoms with Crippen LogP contribution in [0.3, 0.4) is 0 Å². The Balaban J connectivity index is 2.03. The highest BCUT2D eigenvalue weighted by Gasteiger charge is 2.53. The number of hydrogen-bond donors (Lipinski definition) is 1. The van der Waals surface area contributed by atoms with E-state index in [-0.39, 0.29) is 12.4 Å². The lowest BCUT2D eigenvalue weighted by molar-refractivity contribution is -0.288. The number of rotatable bonds is 21. The van der Waals surface area contributed by atoms with Gasteiger partial charge in [-0.1, -0.05) is 90.0 Å². The number of anilines is 1. The molecule has 1 heterocycles. The molecule has 2 N–H and O–H groups in total. The van der Waals surface area contributed by atoms with E-state index in [0.29, 0.717) is 5.69 Å². The first-order valence-electron chi connectivity index (χ1n) is 16.9. The van der Waals surface area contributed by atoms with Crippen molar-refractivity contribution in [2.45, 2.75) is 155 Å². The zero-order chi connectivity index (χ0) is 33.9. The van der Waals surface area contributed by atoms with Gasteiger partial charge in [0.15, 0.2) is 12.2 Å². The zero-order valence-electron chi connectivity index (χ0n) is 28.4. The van der Waals surface area contributed by atoms with Crippen molar-refractivity contribution in [1.82, 2.24) is 0 Å². The van der Waals surface area contributed by atoms with Crippen LogP contribution in [0.2, 0.25) is 0 Å². The molecule has 260 valence electrons. The van der Waals surface area contributed by atoms with Crippen LogP contribution in [0.25, 0.3) is 0 Å². The fourth-order valence-corrected chi connectivity index (χ4v) is 5.59. The maximum Gasteiger partial charge on any atom is 0.303 e. The Bertz CT molecular complexity index is 1090. The maximum absolute atomic E-state index is 12.1. The minimum Gasteiger partial charge on any atom is -0.463 e. The molecule has 5 atom stereocenters. The second kappa shape index (κ2) is 21.5. The Morgan fingerprint density at radius 3 is 1.70 bits per heavy atom. The summed E-state index contributed by atoms with van der Waals surface area (Å²) in [6.45, 7) is 6.64. The van der Waals surface area contributed by atoms with E-state index in [1.54, 1.807) is 6.07 Å². The first-order chi connectivity index (χ1) is 22.0. The van der Waals surface area contributed by atoms with Crippen molar-refractivity contribution < 1.29 is 47.6 Å². The van der Waals surface area contributed by atoms with E-state index in [4.69, 9.17) is 34.2 Å². The van der Waals surface area contributed by atoms with Crippen LogP contribution in [0.5, 0.6) is 5.75 Å². The molecule has 1 aromatic carbocycles. The highest BCUT2D eigenvalue weighted by atomic mass is 16.7. The van der Waals surface area contributed by atoms with Crippen molar-refractivity contribution >= 4 is 29.6 Å². The van der Waals surface area contributed by atoms with E-state index in [2.05, 4.69) is 6.92 Å². The van der Waals surface area contributed by atoms with Crippen LogP contribution in [0, 0.1) is 0 Å². The van der Waals surface area contributed by atoms with Gasteiger partial charge in [0.1, 0.15) is 18.5 Å². The number of esters is 4. The molecule has 1 aromatic rings. The third-order valence-electron chi connectivity index (χ3n) is 7.84. The summed E-state index contributed by atoms with van der Waals surface area (Å²) >= 11 is 0. The van der Waals surface area contributed by atoms with E-state index >= 15 is 0 Å². The first-order valence-corrected chi connectivity index (χ1v) is 16.9. The highest BCUT2D eigenvalue weighted by molar-refractivity contribution is 5.68. The van der Waals surface area contributed by atoms with Crippen LogP contribution in [0.4, 0.5) is 5.69 Å². The number of carbonyl (C=O) groups excluding carboxylic acids is 4. The molecule has 46 heavy (non-hydrogen) atoms. The summed E-state index contributed by atoms with van der Waals surface area (Å²) in [6.07, 6.45) is 11.1. The van der Waals surface area contributed by atoms with Crippen LogP contribution in [-0.2, 0) is 49.3 Å². The topological polar surface area (TPSA) is 150 Å². The van der Waals surface area contributed by atoms with Gasteiger partial charge in [0, 0.05) is 27.7 Å². The molecule has 11 nitrogen and oxygen atoms in total. The van der Waals surface area contributed by atoms with Crippen molar-refractivity contribution in [3.8, 4) is 5.75 Å². The van der Waals surface area contributed by atoms with Gasteiger partial charge >= 0.3 is 23.9 Å². The summed E-state index contributed by atoms with van der Waals surface area (Å²) in [5.74, 6) is -2.44. The molecule has 0 bridgehead atoms. The second-order valence-corrected chi connectivity index (χ2v) is 12.1. The number of nitrogen functional groups attached to an aromatic ring is 1. The second-order valence-electron chi connectivity index (χ2n) is 12.1. The van der Waals surface area contributed by atoms with Gasteiger partial charge in [-0.2, -0.15) is 0 Å². The molecule has 1 fully saturated rings. The van der Waals surface area contributed by atoms with E-state index in [1.165, 1.54) is 98.3 Å². The molecule has 0 unspecified atom stereocenters. The SMILES string of the molecule is CCCCCCCCCCCCCCCc1ccc(N)c(O[C@@H]2O[C@@H](COC(C)=O)[C@@H](OC(C)=O)[C@@H](OC(C)=O)[C@H]2OC(C)=O)c1. The number of unbranched alkanes of at least 4 members (excludes halogenated alkanes) is 12. The lowest BCUT2D eigenvalue weighted by Gasteiger charge is -2.44. The molecule has 0 saturated carbocycles. The van der Waals surface area contributed by atoms with Gasteiger partial charge in [-0.3, -0.25) is 19.2 Å². The summed E-state index contributed by atoms with van der Waals surface area (Å²) in [4.78, 5) is 47.8. The molecular weight excluding hydrogens is 594 g/mol. The molecule has 0 amide bonds. The van der Waals surface area contributed by atoms with Crippen LogP contribution in [0.1, 0.15) is 124 Å². The lowest BCUT2D eigenvalue weighted by atomic mass is 9.98. The number of nitrogens with two attached hydrogens (primary N) is 1. The molecule has 0 spiro atoms. The number of aryl methyl sites for hydroxylation is 1. The van der Waals surface area contributed by atoms with Crippen LogP contribution < -0.4 is 10.5 Å². The van der Waals surface area contributed by atoms with Gasteiger partial charge in [0.2, 0.25) is 12.4 Å². The molecule has 1 aliphatic rings. The summed E-state index contributed by atoms with van der Waals surface area (Å²) in [5.41, 5.74) is 7.59. The normalized spacial score (nSPS) is 20.8. The summed E-state index contributed by atoms with van der Waals surface area (Å²) < 4.78 is 33.7. The van der Waals surface area contributed by atoms with Gasteiger partial charge in [-0.15, -0.1) is 0 Å². The molecule has 0 aliphatic carbocycles. The van der Waals surface area contributed by atoms with Crippen molar-refractivity contribution in [3.63, 3.8) is 0 Å². The fourth-order valence-electron chi connectivity index (χ4n) is 5.59. The quantitative estimate of drug-likeness (QED) is 0.0685. The third kappa shape index (κ3) is 14.8. The number of hydrogen-bond acceptors (Lipinski definition) is 11. The number of ether oxygens (including phenoxy) is 6. The average molecular weight is 650 g/mol. The van der Waals surface area contributed by atoms with Crippen LogP contribution >= 0.6 is 0 Å². The van der Waals surface area contributed by atoms with Gasteiger partial charge in [-0.05, 0) is 30.5 Å². The third-order valence-corrected chi connectivity index (χ3v) is 7.84. The molecule has 0 aromatic heterocycles. The van der Waals surface area contributed by atoms with E-state index in [1.807, 2.05) is 12.1 Å². The average Bonchev–Trinajstić information content (AvgIpc) is 2.98. The zero-order valence-corrected chi connectivity index (χ0v) is 28.4. The standard InChI is InChI=1S/C35H55NO10/c1-6-7-8-9-10-11-12-13-14-15-16-17-18-19-28-20-21-29(36)30(22-28)45-35-34(44-27(5)40)33(43-26(4)39)32(42-25(3)38)31(46-35)23-41-24(2)37/h20-22,31-35H,6-19,23,36H2,1-5H3/t31-,32+,33+,34+,35+/m0/s1. The van der Waals surface area contributed by atoms with Gasteiger partial charge in [0.05, 0.1) is 5.69 Å². The Labute approximate surface area is 274 Å². The predicted octanol–water partition coefficient (Wildman–Crippen LogP) is 6.36. The first kappa shape index (κ1) is 38.8. The van der Waals surface area contributed by atoms with Crippen molar-refractivity contribution in [2.24, 2.45) is 0 Å². The molecule has 1 saturated heterocycles. The summed E-state index contributed by atoms with van der Waals surface area (Å²) in [6, 6.07) is 5.48. The minimum atomic E-state index is -1.34. The molecule has 0 radical (unpaired) electrons. The van der Waals surface area contributed by atoms with Gasteiger partial charge < -0.3 is 34.2 Å². The molecule has 1 aliphatic heterocycles. The Hall–Kier alpha value is -3.34. The summed E-state index contributed by atoms with van der Waals surface area (Å²) in [7, 11) is 0. The Kier molecular flexibility index (Phi) is 18.1. The van der Waals surface area contributed by atoms with E-state index < -0.39 is 54.6 Å². The fraction of sp³-hybridized carbons (Fsp3) is 0.714. The Morgan fingerprint density at radius 2 is 1.17 bits per heavy atom. The number of benzene rings is 1. The largest absolute Gasteiger partial charge is 0.463 e. The molecule has 11 heteroatoms. The van der Waals surface area contributed by atoms with Crippen molar-refractivity contribution in [3.05, 3.63) is 23.8 Å². The highest BCUT2D eigenvalue weighted by Crippen LogP contribution is 2.33. The van der Waals surface area contributed by atoms with Gasteiger partial charge in [-0.25, -0.2) is 0 Å². The van der Waals surface area contributed by atoms with E-state index in [9.17, 15) is 19.2 Å². The van der Waals surface area contributed by atoms with Gasteiger partial charge in [0.25, 0.3) is 0 Å². The number of carbonyl (C=O) groups is 4. The van der Waals surface area contributed by atoms with Crippen LogP contribution in [0.15, 0.2) is 18.2 Å². The molecule has 2 rings (SSSR count). The van der Waals surface area contributed by atoms with E-state index in [0.717, 1.165) is 24.8 Å². The Morgan fingerprint density at radius 1 is 0.674 bits per heavy atom. The maximum atomic E-state index is 12.1. The predicted molar refractivity (Wildman–Crippen MR) is 173 cm³/mol. The lowest BCUT2D eigenvalue weighted by Crippen LogP contribution is -2.63. The van der Waals surface area contributed by atoms with Crippen molar-refractivity contribution in [1.29, 1.82) is 0 Å². The minimum absolute atomic E-state index is 0.285. The smallest absolute Gasteiger partial charge is 0.303 e. The monoisotopic (exact) mass is 649 g/mol. The molecular formula is C35H55NO10. The van der Waals surface area contributed by atoms with Crippen molar-refractivity contribution in [2.75, 3.05) is 12.3 Å². The van der Waals surface area contributed by atoms with Crippen LogP contribution in [-0.4, -0.2) is 61.2 Å².